The van der Waals surface area contributed by atoms with Gasteiger partial charge in [0, 0.05) is 4.70 Å². The van der Waals surface area contributed by atoms with E-state index in [2.05, 4.69) is 0 Å². The largest absolute Gasteiger partial charge is 0.480 e. The first kappa shape index (κ1) is 14.2. The Morgan fingerprint density at radius 1 is 1.38 bits per heavy atom. The zero-order chi connectivity index (χ0) is 15.0. The Hall–Kier alpha value is -1.70. The summed E-state index contributed by atoms with van der Waals surface area (Å²) in [6.45, 7) is -0.396. The highest BCUT2D eigenvalue weighted by Gasteiger charge is 2.33. The molecule has 0 atom stereocenters. The lowest BCUT2D eigenvalue weighted by molar-refractivity contribution is -0.140. The van der Waals surface area contributed by atoms with Gasteiger partial charge in [-0.05, 0) is 28.5 Å². The fourth-order valence-corrected chi connectivity index (χ4v) is 4.19. The fraction of sp³-hybridized carbons (Fsp3) is 0.0714. The monoisotopic (exact) mass is 335 g/mol. The van der Waals surface area contributed by atoms with E-state index in [-0.39, 0.29) is 10.2 Å². The van der Waals surface area contributed by atoms with Gasteiger partial charge in [-0.2, -0.15) is 0 Å². The third kappa shape index (κ3) is 2.72. The number of thiophene rings is 1. The molecule has 1 aliphatic heterocycles. The molecule has 2 aromatic rings. The average Bonchev–Trinajstić information content (AvgIpc) is 2.96. The Morgan fingerprint density at radius 2 is 2.14 bits per heavy atom. The second-order valence-electron chi connectivity index (χ2n) is 4.35. The van der Waals surface area contributed by atoms with Gasteiger partial charge in [0.05, 0.1) is 4.91 Å². The molecule has 0 spiro atoms. The predicted molar refractivity (Wildman–Crippen MR) is 89.3 cm³/mol. The predicted octanol–water partition coefficient (Wildman–Crippen LogP) is 3.19. The molecule has 0 unspecified atom stereocenters. The number of amides is 1. The molecule has 7 heteroatoms. The summed E-state index contributed by atoms with van der Waals surface area (Å²) in [7, 11) is 0. The van der Waals surface area contributed by atoms with E-state index in [4.69, 9.17) is 17.3 Å². The van der Waals surface area contributed by atoms with Gasteiger partial charge >= 0.3 is 5.97 Å². The molecule has 1 fully saturated rings. The zero-order valence-electron chi connectivity index (χ0n) is 10.6. The number of rotatable bonds is 3. The summed E-state index contributed by atoms with van der Waals surface area (Å²) in [5.74, 6) is -1.42. The number of carbonyl (C=O) groups is 2. The van der Waals surface area contributed by atoms with Gasteiger partial charge in [0.15, 0.2) is 0 Å². The third-order valence-corrected chi connectivity index (χ3v) is 5.32. The molecule has 1 aliphatic rings. The lowest BCUT2D eigenvalue weighted by Gasteiger charge is -2.10. The zero-order valence-corrected chi connectivity index (χ0v) is 13.1. The molecule has 3 rings (SSSR count). The maximum absolute atomic E-state index is 12.2. The number of carboxylic acids is 1. The molecule has 1 N–H and O–H groups in total. The number of thiocarbonyl (C=S) groups is 1. The van der Waals surface area contributed by atoms with Gasteiger partial charge in [-0.15, -0.1) is 11.3 Å². The number of aliphatic carboxylic acids is 1. The van der Waals surface area contributed by atoms with Crippen molar-refractivity contribution in [3.8, 4) is 0 Å². The molecule has 1 saturated heterocycles. The van der Waals surface area contributed by atoms with Gasteiger partial charge in [-0.1, -0.05) is 42.2 Å². The van der Waals surface area contributed by atoms with Crippen LogP contribution >= 0.6 is 35.3 Å². The van der Waals surface area contributed by atoms with Crippen molar-refractivity contribution >= 4 is 67.7 Å². The quantitative estimate of drug-likeness (QED) is 0.689. The second-order valence-corrected chi connectivity index (χ2v) is 6.94. The molecule has 21 heavy (non-hydrogen) atoms. The van der Waals surface area contributed by atoms with Gasteiger partial charge < -0.3 is 5.11 Å². The van der Waals surface area contributed by atoms with Crippen molar-refractivity contribution in [3.05, 3.63) is 40.1 Å². The van der Waals surface area contributed by atoms with Crippen molar-refractivity contribution in [1.82, 2.24) is 4.90 Å². The van der Waals surface area contributed by atoms with Crippen LogP contribution in [-0.2, 0) is 9.59 Å². The second kappa shape index (κ2) is 5.59. The van der Waals surface area contributed by atoms with E-state index >= 15 is 0 Å². The Balaban J connectivity index is 1.95. The number of benzene rings is 1. The molecule has 1 aromatic carbocycles. The van der Waals surface area contributed by atoms with Crippen molar-refractivity contribution in [1.29, 1.82) is 0 Å². The first-order valence-electron chi connectivity index (χ1n) is 5.99. The lowest BCUT2D eigenvalue weighted by atomic mass is 10.1. The van der Waals surface area contributed by atoms with Crippen LogP contribution < -0.4 is 0 Å². The van der Waals surface area contributed by atoms with Crippen molar-refractivity contribution < 1.29 is 14.7 Å². The molecule has 4 nitrogen and oxygen atoms in total. The summed E-state index contributed by atoms with van der Waals surface area (Å²) in [5.41, 5.74) is 0.950. The van der Waals surface area contributed by atoms with Crippen LogP contribution in [0.15, 0.2) is 34.6 Å². The minimum atomic E-state index is -1.08. The van der Waals surface area contributed by atoms with Crippen molar-refractivity contribution in [2.24, 2.45) is 0 Å². The van der Waals surface area contributed by atoms with Crippen LogP contribution in [0.1, 0.15) is 5.56 Å². The first-order chi connectivity index (χ1) is 10.1. The van der Waals surface area contributed by atoms with Crippen LogP contribution in [0.2, 0.25) is 0 Å². The van der Waals surface area contributed by atoms with E-state index in [1.807, 2.05) is 29.6 Å². The molecule has 1 amide bonds. The van der Waals surface area contributed by atoms with Gasteiger partial charge in [-0.3, -0.25) is 14.5 Å². The number of nitrogens with zero attached hydrogens (tertiary/aromatic N) is 1. The molecule has 0 aliphatic carbocycles. The van der Waals surface area contributed by atoms with Gasteiger partial charge in [0.2, 0.25) is 0 Å². The summed E-state index contributed by atoms with van der Waals surface area (Å²) in [6.07, 6.45) is 1.78. The summed E-state index contributed by atoms with van der Waals surface area (Å²) in [4.78, 5) is 24.5. The van der Waals surface area contributed by atoms with Crippen LogP contribution in [0.3, 0.4) is 0 Å². The minimum absolute atomic E-state index is 0.285. The van der Waals surface area contributed by atoms with E-state index in [0.717, 1.165) is 32.3 Å². The van der Waals surface area contributed by atoms with Gasteiger partial charge in [0.25, 0.3) is 5.91 Å². The lowest BCUT2D eigenvalue weighted by Crippen LogP contribution is -2.33. The van der Waals surface area contributed by atoms with Crippen LogP contribution in [0, 0.1) is 0 Å². The van der Waals surface area contributed by atoms with E-state index in [1.54, 1.807) is 17.4 Å². The highest BCUT2D eigenvalue weighted by Crippen LogP contribution is 2.35. The van der Waals surface area contributed by atoms with E-state index in [9.17, 15) is 9.59 Å². The number of fused-ring (bicyclic) bond motifs is 1. The van der Waals surface area contributed by atoms with Crippen LogP contribution in [0.5, 0.6) is 0 Å². The molecule has 0 saturated carbocycles. The molecular weight excluding hydrogens is 326 g/mol. The standard InChI is InChI=1S/C14H9NO3S3/c16-12(17)6-15-13(18)11(21-14(15)19)5-8-7-20-10-4-2-1-3-9(8)10/h1-5,7H,6H2,(H,16,17)/b11-5-. The highest BCUT2D eigenvalue weighted by atomic mass is 32.2. The van der Waals surface area contributed by atoms with Crippen molar-refractivity contribution in [3.63, 3.8) is 0 Å². The summed E-state index contributed by atoms with van der Waals surface area (Å²) in [5, 5.41) is 11.9. The van der Waals surface area contributed by atoms with E-state index in [1.165, 1.54) is 0 Å². The van der Waals surface area contributed by atoms with Gasteiger partial charge in [-0.25, -0.2) is 0 Å². The van der Waals surface area contributed by atoms with Crippen LogP contribution in [0.25, 0.3) is 16.2 Å². The molecule has 106 valence electrons. The Kier molecular flexibility index (Phi) is 3.79. The maximum Gasteiger partial charge on any atom is 0.323 e. The number of hydrogen-bond donors (Lipinski definition) is 1. The maximum atomic E-state index is 12.2. The fourth-order valence-electron chi connectivity index (χ4n) is 2.02. The van der Waals surface area contributed by atoms with Gasteiger partial charge in [0.1, 0.15) is 10.9 Å². The molecule has 0 radical (unpaired) electrons. The summed E-state index contributed by atoms with van der Waals surface area (Å²) >= 11 is 7.82. The van der Waals surface area contributed by atoms with E-state index < -0.39 is 12.5 Å². The Bertz CT molecular complexity index is 794. The first-order valence-corrected chi connectivity index (χ1v) is 8.10. The molecular formula is C14H9NO3S3. The normalized spacial score (nSPS) is 17.1. The molecule has 1 aromatic heterocycles. The number of carbonyl (C=O) groups excluding carboxylic acids is 1. The Morgan fingerprint density at radius 3 is 2.90 bits per heavy atom. The van der Waals surface area contributed by atoms with Crippen molar-refractivity contribution in [2.75, 3.05) is 6.54 Å². The SMILES string of the molecule is O=C(O)CN1C(=O)/C(=C/c2csc3ccccc23)SC1=S. The molecule has 0 bridgehead atoms. The number of hydrogen-bond acceptors (Lipinski definition) is 5. The highest BCUT2D eigenvalue weighted by molar-refractivity contribution is 8.26. The number of thioether (sulfide) groups is 1. The Labute approximate surface area is 134 Å². The minimum Gasteiger partial charge on any atom is -0.480 e. The average molecular weight is 335 g/mol. The third-order valence-electron chi connectivity index (χ3n) is 2.96. The number of carboxylic acid groups (broad SMARTS) is 1. The van der Waals surface area contributed by atoms with Crippen LogP contribution in [0.4, 0.5) is 0 Å². The molecule has 2 heterocycles. The summed E-state index contributed by atoms with van der Waals surface area (Å²) < 4.78 is 1.43. The smallest absolute Gasteiger partial charge is 0.323 e. The van der Waals surface area contributed by atoms with Crippen molar-refractivity contribution in [2.45, 2.75) is 0 Å². The topological polar surface area (TPSA) is 57.6 Å². The van der Waals surface area contributed by atoms with Crippen LogP contribution in [-0.4, -0.2) is 32.7 Å². The van der Waals surface area contributed by atoms with E-state index in [0.29, 0.717) is 4.91 Å². The summed E-state index contributed by atoms with van der Waals surface area (Å²) in [6, 6.07) is 7.93.